The van der Waals surface area contributed by atoms with E-state index in [-0.39, 0.29) is 11.6 Å². The van der Waals surface area contributed by atoms with Crippen LogP contribution in [0.5, 0.6) is 0 Å². The molecule has 0 bridgehead atoms. The van der Waals surface area contributed by atoms with Gasteiger partial charge in [-0.15, -0.1) is 16.4 Å². The highest BCUT2D eigenvalue weighted by molar-refractivity contribution is 7.15. The van der Waals surface area contributed by atoms with Gasteiger partial charge in [0.15, 0.2) is 10.8 Å². The lowest BCUT2D eigenvalue weighted by atomic mass is 10.0. The summed E-state index contributed by atoms with van der Waals surface area (Å²) >= 11 is 1.56. The Labute approximate surface area is 120 Å². The molecule has 0 fully saturated rings. The first-order valence-electron chi connectivity index (χ1n) is 6.66. The van der Waals surface area contributed by atoms with Gasteiger partial charge in [-0.2, -0.15) is 0 Å². The molecular weight excluding hydrogens is 276 g/mol. The molecule has 0 spiro atoms. The van der Waals surface area contributed by atoms with E-state index in [1.54, 1.807) is 22.2 Å². The highest BCUT2D eigenvalue weighted by atomic mass is 32.1. The van der Waals surface area contributed by atoms with Crippen molar-refractivity contribution in [1.82, 2.24) is 20.0 Å². The first-order valence-corrected chi connectivity index (χ1v) is 7.48. The van der Waals surface area contributed by atoms with E-state index in [1.807, 2.05) is 0 Å². The summed E-state index contributed by atoms with van der Waals surface area (Å²) in [6.45, 7) is 1.01. The number of rotatable bonds is 4. The number of nitrogens with two attached hydrogens (primary N) is 1. The Hall–Kier alpha value is -1.80. The lowest BCUT2D eigenvalue weighted by Gasteiger charge is -2.06. The monoisotopic (exact) mass is 292 g/mol. The summed E-state index contributed by atoms with van der Waals surface area (Å²) in [6, 6.07) is 0. The van der Waals surface area contributed by atoms with Crippen molar-refractivity contribution in [2.45, 2.75) is 32.2 Å². The molecule has 0 aliphatic heterocycles. The van der Waals surface area contributed by atoms with Gasteiger partial charge in [0.25, 0.3) is 5.91 Å². The first-order chi connectivity index (χ1) is 9.76. The minimum atomic E-state index is -0.278. The van der Waals surface area contributed by atoms with Crippen molar-refractivity contribution >= 4 is 22.4 Å². The molecule has 106 valence electrons. The molecule has 2 aromatic heterocycles. The van der Waals surface area contributed by atoms with Crippen LogP contribution in [0.3, 0.4) is 0 Å². The van der Waals surface area contributed by atoms with Gasteiger partial charge in [0.1, 0.15) is 0 Å². The van der Waals surface area contributed by atoms with Crippen LogP contribution in [0.15, 0.2) is 6.20 Å². The van der Waals surface area contributed by atoms with E-state index in [0.717, 1.165) is 18.5 Å². The second-order valence-electron chi connectivity index (χ2n) is 4.71. The second-order valence-corrected chi connectivity index (χ2v) is 5.79. The third-order valence-corrected chi connectivity index (χ3v) is 4.27. The highest BCUT2D eigenvalue weighted by Crippen LogP contribution is 2.29. The zero-order chi connectivity index (χ0) is 13.9. The molecule has 2 aromatic rings. The van der Waals surface area contributed by atoms with E-state index < -0.39 is 0 Å². The maximum absolute atomic E-state index is 12.1. The molecule has 0 unspecified atom stereocenters. The minimum absolute atomic E-state index is 0.278. The van der Waals surface area contributed by atoms with Gasteiger partial charge in [0.2, 0.25) is 0 Å². The van der Waals surface area contributed by atoms with Crippen LogP contribution in [-0.4, -0.2) is 32.4 Å². The lowest BCUT2D eigenvalue weighted by Crippen LogP contribution is -2.12. The summed E-state index contributed by atoms with van der Waals surface area (Å²) in [6.07, 6.45) is 6.05. The van der Waals surface area contributed by atoms with Crippen LogP contribution in [0, 0.1) is 0 Å². The number of carbonyl (C=O) groups is 1. The Kier molecular flexibility index (Phi) is 3.75. The summed E-state index contributed by atoms with van der Waals surface area (Å²) in [7, 11) is 0. The van der Waals surface area contributed by atoms with Crippen LogP contribution in [0.4, 0.5) is 5.13 Å². The SMILES string of the molecule is NCCn1cc(C(=O)Nc2nc3c(s2)CCCC3)nn1. The number of anilines is 1. The van der Waals surface area contributed by atoms with Crippen LogP contribution < -0.4 is 11.1 Å². The van der Waals surface area contributed by atoms with Crippen LogP contribution in [0.25, 0.3) is 0 Å². The minimum Gasteiger partial charge on any atom is -0.329 e. The van der Waals surface area contributed by atoms with Crippen molar-refractivity contribution in [3.05, 3.63) is 22.5 Å². The molecule has 7 nitrogen and oxygen atoms in total. The predicted octanol–water partition coefficient (Wildman–Crippen LogP) is 0.824. The number of amides is 1. The van der Waals surface area contributed by atoms with Gasteiger partial charge < -0.3 is 5.73 Å². The zero-order valence-electron chi connectivity index (χ0n) is 11.0. The van der Waals surface area contributed by atoms with Gasteiger partial charge in [-0.3, -0.25) is 14.8 Å². The standard InChI is InChI=1S/C12H16N6OS/c13-5-6-18-7-9(16-17-18)11(19)15-12-14-8-3-1-2-4-10(8)20-12/h7H,1-6,13H2,(H,14,15,19). The van der Waals surface area contributed by atoms with Gasteiger partial charge in [0.05, 0.1) is 18.4 Å². The smallest absolute Gasteiger partial charge is 0.279 e. The maximum Gasteiger partial charge on any atom is 0.279 e. The van der Waals surface area contributed by atoms with Gasteiger partial charge in [-0.05, 0) is 25.7 Å². The Morgan fingerprint density at radius 3 is 3.10 bits per heavy atom. The third-order valence-electron chi connectivity index (χ3n) is 3.20. The number of nitrogens with zero attached hydrogens (tertiary/aromatic N) is 4. The topological polar surface area (TPSA) is 98.7 Å². The van der Waals surface area contributed by atoms with Gasteiger partial charge in [-0.25, -0.2) is 4.98 Å². The zero-order valence-corrected chi connectivity index (χ0v) is 11.8. The van der Waals surface area contributed by atoms with Gasteiger partial charge >= 0.3 is 0 Å². The average molecular weight is 292 g/mol. The van der Waals surface area contributed by atoms with E-state index in [2.05, 4.69) is 20.6 Å². The van der Waals surface area contributed by atoms with E-state index in [4.69, 9.17) is 5.73 Å². The fraction of sp³-hybridized carbons (Fsp3) is 0.500. The average Bonchev–Trinajstić information content (AvgIpc) is 3.04. The maximum atomic E-state index is 12.1. The normalized spacial score (nSPS) is 14.1. The Balaban J connectivity index is 1.70. The summed E-state index contributed by atoms with van der Waals surface area (Å²) in [5.41, 5.74) is 6.84. The van der Waals surface area contributed by atoms with Crippen molar-refractivity contribution < 1.29 is 4.79 Å². The number of hydrogen-bond acceptors (Lipinski definition) is 6. The lowest BCUT2D eigenvalue weighted by molar-refractivity contribution is 0.102. The highest BCUT2D eigenvalue weighted by Gasteiger charge is 2.18. The van der Waals surface area contributed by atoms with Crippen LogP contribution >= 0.6 is 11.3 Å². The number of nitrogens with one attached hydrogen (secondary N) is 1. The molecule has 0 saturated heterocycles. The fourth-order valence-electron chi connectivity index (χ4n) is 2.21. The van der Waals surface area contributed by atoms with Crippen molar-refractivity contribution in [2.75, 3.05) is 11.9 Å². The molecule has 3 N–H and O–H groups in total. The largest absolute Gasteiger partial charge is 0.329 e. The summed E-state index contributed by atoms with van der Waals surface area (Å²) in [5.74, 6) is -0.278. The van der Waals surface area contributed by atoms with Crippen LogP contribution in [0.1, 0.15) is 33.9 Å². The van der Waals surface area contributed by atoms with Crippen LogP contribution in [0.2, 0.25) is 0 Å². The number of thiazole rings is 1. The molecule has 1 aliphatic rings. The third kappa shape index (κ3) is 2.70. The van der Waals surface area contributed by atoms with Crippen molar-refractivity contribution in [2.24, 2.45) is 5.73 Å². The molecule has 1 aliphatic carbocycles. The molecule has 3 rings (SSSR count). The predicted molar refractivity (Wildman–Crippen MR) is 75.8 cm³/mol. The molecular formula is C12H16N6OS. The van der Waals surface area contributed by atoms with Crippen molar-refractivity contribution in [3.63, 3.8) is 0 Å². The van der Waals surface area contributed by atoms with Gasteiger partial charge in [0, 0.05) is 11.4 Å². The number of aromatic nitrogens is 4. The molecule has 0 radical (unpaired) electrons. The number of fused-ring (bicyclic) bond motifs is 1. The van der Waals surface area contributed by atoms with Crippen molar-refractivity contribution in [1.29, 1.82) is 0 Å². The molecule has 0 saturated carbocycles. The number of carbonyl (C=O) groups excluding carboxylic acids is 1. The van der Waals surface area contributed by atoms with Crippen molar-refractivity contribution in [3.8, 4) is 0 Å². The molecule has 0 aromatic carbocycles. The van der Waals surface area contributed by atoms with E-state index >= 15 is 0 Å². The first kappa shape index (κ1) is 13.2. The Morgan fingerprint density at radius 1 is 1.45 bits per heavy atom. The molecule has 2 heterocycles. The number of hydrogen-bond donors (Lipinski definition) is 2. The molecule has 0 atom stereocenters. The van der Waals surface area contributed by atoms with E-state index in [1.165, 1.54) is 17.7 Å². The molecule has 20 heavy (non-hydrogen) atoms. The quantitative estimate of drug-likeness (QED) is 0.869. The summed E-state index contributed by atoms with van der Waals surface area (Å²) in [5, 5.41) is 11.1. The Morgan fingerprint density at radius 2 is 2.30 bits per heavy atom. The number of aryl methyl sites for hydroxylation is 2. The Bertz CT molecular complexity index is 596. The second kappa shape index (κ2) is 5.68. The summed E-state index contributed by atoms with van der Waals surface area (Å²) < 4.78 is 1.56. The summed E-state index contributed by atoms with van der Waals surface area (Å²) in [4.78, 5) is 17.8. The molecule has 8 heteroatoms. The van der Waals surface area contributed by atoms with E-state index in [0.29, 0.717) is 18.2 Å². The van der Waals surface area contributed by atoms with E-state index in [9.17, 15) is 4.79 Å². The fourth-order valence-corrected chi connectivity index (χ4v) is 3.26. The van der Waals surface area contributed by atoms with Gasteiger partial charge in [-0.1, -0.05) is 5.21 Å². The molecule has 1 amide bonds. The van der Waals surface area contributed by atoms with Crippen LogP contribution in [-0.2, 0) is 19.4 Å².